The molecule has 25 nitrogen and oxygen atoms in total. The van der Waals surface area contributed by atoms with Crippen LogP contribution in [0.2, 0.25) is 50.2 Å². The van der Waals surface area contributed by atoms with Gasteiger partial charge in [-0.05, 0) is 133 Å². The second kappa shape index (κ2) is 37.4. The first-order valence-electron chi connectivity index (χ1n) is 44.2. The van der Waals surface area contributed by atoms with Gasteiger partial charge in [-0.2, -0.15) is 25.5 Å². The van der Waals surface area contributed by atoms with Gasteiger partial charge in [0, 0.05) is 93.3 Å². The van der Waals surface area contributed by atoms with Gasteiger partial charge in [0.1, 0.15) is 56.7 Å². The van der Waals surface area contributed by atoms with Crippen LogP contribution in [0.4, 0.5) is 29.1 Å². The van der Waals surface area contributed by atoms with E-state index in [0.717, 1.165) is 187 Å². The standard InChI is InChI=1S/C21H23Cl2N5.2C19H21Cl2N5.C18H19Cl2N5.C17H15Cl2N5/c1-13-4-3-7-21(13)8-10-28(11-9-21)16-12-24-19-18(26-27-20(19)25-16)14-5-2-6-15(22)17(14)23;2*1-3-19(2)7-9-26(10-8-19)14-11-22-17-16(24-25-18(17)23-14)12-5-4-6-13(20)15(12)21;1-18(2)6-8-25(9-7-18)13-10-21-16-15(23-24-17(16)22-13)11-4-3-5-12(19)14(11)20;1-8-10-6-24(7-11(8)10)13-5-20-16-15(22-23-17(16)21-13)9-3-2-4-12(18)14(9)19/h2,5-6,12-13H,3-4,7-11H2,1H3,(H,25,26,27);2*4-6,11H,3,7-10H2,1-2H3,(H,23,24,25);3-5,10H,6-9H2,1-2H3,(H,22,23,24);2-5,8,10-11H,6-7H2,1H3,(H,21,22,23)/t13-;;;;8?,10-,11+/m0..../s1. The summed E-state index contributed by atoms with van der Waals surface area (Å²) in [6, 6.07) is 27.6. The predicted octanol–water partition coefficient (Wildman–Crippen LogP) is 25.4. The average Bonchev–Trinajstić information content (AvgIpc) is 1.58. The molecule has 0 amide bonds. The maximum absolute atomic E-state index is 6.37. The van der Waals surface area contributed by atoms with Crippen LogP contribution in [-0.2, 0) is 0 Å². The summed E-state index contributed by atoms with van der Waals surface area (Å²) in [4.78, 5) is 58.2. The molecule has 5 saturated heterocycles. The Bertz CT molecular complexity index is 6450. The highest BCUT2D eigenvalue weighted by Gasteiger charge is 2.53. The van der Waals surface area contributed by atoms with Crippen molar-refractivity contribution < 1.29 is 0 Å². The van der Waals surface area contributed by atoms with E-state index in [1.807, 2.05) is 91.6 Å². The first-order valence-corrected chi connectivity index (χ1v) is 48.0. The zero-order valence-corrected chi connectivity index (χ0v) is 80.4. The Morgan fingerprint density at radius 3 is 0.822 bits per heavy atom. The molecule has 22 rings (SSSR count). The summed E-state index contributed by atoms with van der Waals surface area (Å²) in [7, 11) is 0. The van der Waals surface area contributed by atoms with Crippen molar-refractivity contribution in [2.45, 2.75) is 139 Å². The topological polar surface area (TPSA) is 288 Å². The number of aromatic amines is 5. The molecule has 10 aromatic heterocycles. The number of hydrogen-bond acceptors (Lipinski definition) is 20. The molecule has 5 N–H and O–H groups in total. The summed E-state index contributed by atoms with van der Waals surface area (Å²) in [5.41, 5.74) is 16.0. The zero-order chi connectivity index (χ0) is 90.0. The minimum Gasteiger partial charge on any atom is -0.355 e. The molecular weight excluding hydrogens is 1830 g/mol. The van der Waals surface area contributed by atoms with Crippen LogP contribution in [0.1, 0.15) is 139 Å². The second-order valence-corrected chi connectivity index (χ2v) is 40.6. The van der Waals surface area contributed by atoms with Gasteiger partial charge in [0.25, 0.3) is 0 Å². The zero-order valence-electron chi connectivity index (χ0n) is 72.8. The maximum atomic E-state index is 6.37. The van der Waals surface area contributed by atoms with Gasteiger partial charge in [0.2, 0.25) is 28.2 Å². The molecule has 15 aromatic rings. The highest BCUT2D eigenvalue weighted by molar-refractivity contribution is 6.46. The number of benzene rings is 5. The van der Waals surface area contributed by atoms with Crippen molar-refractivity contribution in [3.63, 3.8) is 0 Å². The second-order valence-electron chi connectivity index (χ2n) is 36.7. The van der Waals surface area contributed by atoms with E-state index in [4.69, 9.17) is 131 Å². The van der Waals surface area contributed by atoms with E-state index in [-0.39, 0.29) is 0 Å². The van der Waals surface area contributed by atoms with Gasteiger partial charge in [-0.15, -0.1) is 0 Å². The van der Waals surface area contributed by atoms with Crippen LogP contribution in [-0.4, -0.2) is 166 Å². The van der Waals surface area contributed by atoms with Gasteiger partial charge < -0.3 is 24.5 Å². The monoisotopic (exact) mass is 1930 g/mol. The van der Waals surface area contributed by atoms with E-state index in [9.17, 15) is 0 Å². The Balaban J connectivity index is 0.000000109. The SMILES string of the molecule is CC1(C)CCN(c2cnc3c(-c4cccc(Cl)c4Cl)[nH]nc3n2)CC1.CC1[C@H]2CN(c3cnc4c(-c5cccc(Cl)c5Cl)[nH]nc4n3)C[C@@H]12.CCC1(C)CCN(c2cnc3c(-c4cccc(Cl)c4Cl)[nH]nc3n2)CC1.CCC1(C)CCN(c2cnc3c(-c4cccc(Cl)c4Cl)[nH]nc3n2)CC1.C[C@H]1CCCC12CCN(c1cnc3c(-c4cccc(Cl)c4Cl)[nH]nc3n1)CC2. The number of piperidine rings is 5. The fourth-order valence-electron chi connectivity index (χ4n) is 19.0. The van der Waals surface area contributed by atoms with Gasteiger partial charge in [-0.1, -0.05) is 258 Å². The first-order chi connectivity index (χ1) is 62.2. The van der Waals surface area contributed by atoms with Crippen LogP contribution >= 0.6 is 116 Å². The number of nitrogens with zero attached hydrogens (tertiary/aromatic N) is 20. The van der Waals surface area contributed by atoms with E-state index in [2.05, 4.69) is 166 Å². The summed E-state index contributed by atoms with van der Waals surface area (Å²) in [5.74, 6) is 7.79. The number of anilines is 5. The lowest BCUT2D eigenvalue weighted by Gasteiger charge is -2.42. The molecule has 4 atom stereocenters. The lowest BCUT2D eigenvalue weighted by atomic mass is 9.71. The average molecular weight is 1930 g/mol. The molecule has 129 heavy (non-hydrogen) atoms. The molecule has 0 radical (unpaired) electrons. The first kappa shape index (κ1) is 90.3. The van der Waals surface area contributed by atoms with Gasteiger partial charge in [-0.3, -0.25) is 25.5 Å². The highest BCUT2D eigenvalue weighted by Crippen LogP contribution is 2.54. The van der Waals surface area contributed by atoms with Crippen molar-refractivity contribution in [1.29, 1.82) is 0 Å². The molecule has 0 bridgehead atoms. The van der Waals surface area contributed by atoms with Gasteiger partial charge in [-0.25, -0.2) is 49.8 Å². The summed E-state index contributed by atoms with van der Waals surface area (Å²) >= 11 is 62.4. The Morgan fingerprint density at radius 2 is 0.574 bits per heavy atom. The Labute approximate surface area is 798 Å². The van der Waals surface area contributed by atoms with Crippen LogP contribution in [0, 0.1) is 45.3 Å². The van der Waals surface area contributed by atoms with E-state index >= 15 is 0 Å². The largest absolute Gasteiger partial charge is 0.355 e. The number of rotatable bonds is 12. The van der Waals surface area contributed by atoms with E-state index in [0.29, 0.717) is 128 Å². The molecule has 670 valence electrons. The minimum absolute atomic E-state index is 0.400. The van der Waals surface area contributed by atoms with Crippen LogP contribution in [0.25, 0.3) is 112 Å². The lowest BCUT2D eigenvalue weighted by molar-refractivity contribution is 0.161. The molecule has 35 heteroatoms. The fraction of sp³-hybridized carbons (Fsp3) is 0.415. The Kier molecular flexibility index (Phi) is 26.2. The third-order valence-corrected chi connectivity index (χ3v) is 32.6. The predicted molar refractivity (Wildman–Crippen MR) is 526 cm³/mol. The molecule has 15 heterocycles. The molecule has 7 aliphatic rings. The normalized spacial score (nSPS) is 19.6. The maximum Gasteiger partial charge on any atom is 0.202 e. The summed E-state index contributed by atoms with van der Waals surface area (Å²) in [5, 5.41) is 41.7. The van der Waals surface area contributed by atoms with Crippen molar-refractivity contribution in [2.24, 2.45) is 45.3 Å². The lowest BCUT2D eigenvalue weighted by Crippen LogP contribution is -2.41. The van der Waals surface area contributed by atoms with Crippen LogP contribution in [0.5, 0.6) is 0 Å². The van der Waals surface area contributed by atoms with Gasteiger partial charge in [0.05, 0.1) is 110 Å². The third-order valence-electron chi connectivity index (χ3n) is 28.5. The summed E-state index contributed by atoms with van der Waals surface area (Å²) in [6.45, 7) is 28.9. The molecular formula is C94H99Cl10N25. The number of hydrogen-bond donors (Lipinski definition) is 5. The fourth-order valence-corrected chi connectivity index (χ4v) is 20.9. The molecule has 1 unspecified atom stereocenters. The minimum atomic E-state index is 0.400. The van der Waals surface area contributed by atoms with Crippen LogP contribution < -0.4 is 24.5 Å². The molecule has 5 aliphatic heterocycles. The van der Waals surface area contributed by atoms with Crippen molar-refractivity contribution >= 4 is 201 Å². The van der Waals surface area contributed by atoms with Crippen molar-refractivity contribution in [1.82, 2.24) is 101 Å². The van der Waals surface area contributed by atoms with Gasteiger partial charge >= 0.3 is 0 Å². The molecule has 2 saturated carbocycles. The number of aromatic nitrogens is 20. The number of H-pyrrole nitrogens is 5. The summed E-state index contributed by atoms with van der Waals surface area (Å²) in [6.07, 6.45) is 25.2. The van der Waals surface area contributed by atoms with E-state index < -0.39 is 0 Å². The number of fused-ring (bicyclic) bond motifs is 6. The van der Waals surface area contributed by atoms with Crippen molar-refractivity contribution in [2.75, 3.05) is 89.9 Å². The van der Waals surface area contributed by atoms with E-state index in [1.165, 1.54) is 70.6 Å². The van der Waals surface area contributed by atoms with E-state index in [1.54, 1.807) is 30.3 Å². The number of halogens is 10. The quantitative estimate of drug-likeness (QED) is 0.0759. The van der Waals surface area contributed by atoms with Crippen LogP contribution in [0.15, 0.2) is 122 Å². The smallest absolute Gasteiger partial charge is 0.202 e. The van der Waals surface area contributed by atoms with Gasteiger partial charge in [0.15, 0.2) is 0 Å². The Hall–Kier alpha value is -9.25. The van der Waals surface area contributed by atoms with Crippen LogP contribution in [0.3, 0.4) is 0 Å². The van der Waals surface area contributed by atoms with Crippen molar-refractivity contribution in [3.8, 4) is 56.3 Å². The molecule has 7 fully saturated rings. The molecule has 5 aromatic carbocycles. The molecule has 1 spiro atoms. The van der Waals surface area contributed by atoms with Crippen molar-refractivity contribution in [3.05, 3.63) is 172 Å². The number of nitrogens with one attached hydrogen (secondary N) is 5. The Morgan fingerprint density at radius 1 is 0.326 bits per heavy atom. The third kappa shape index (κ3) is 18.5. The summed E-state index contributed by atoms with van der Waals surface area (Å²) < 4.78 is 0. The molecule has 2 aliphatic carbocycles. The highest BCUT2D eigenvalue weighted by atomic mass is 35.5.